The lowest BCUT2D eigenvalue weighted by molar-refractivity contribution is -0.302. The number of aliphatic hydroxyl groups is 5. The van der Waals surface area contributed by atoms with Crippen LogP contribution in [0.5, 0.6) is 0 Å². The highest BCUT2D eigenvalue weighted by molar-refractivity contribution is 5.76. The van der Waals surface area contributed by atoms with E-state index >= 15 is 0 Å². The minimum atomic E-state index is -1.55. The van der Waals surface area contributed by atoms with Gasteiger partial charge >= 0.3 is 0 Å². The summed E-state index contributed by atoms with van der Waals surface area (Å²) in [6.07, 6.45) is 33.9. The first kappa shape index (κ1) is 52.2. The van der Waals surface area contributed by atoms with Crippen LogP contribution in [-0.4, -0.2) is 87.5 Å². The zero-order chi connectivity index (χ0) is 40.2. The Kier molecular flexibility index (Phi) is 35.6. The van der Waals surface area contributed by atoms with E-state index in [0.29, 0.717) is 12.8 Å². The van der Waals surface area contributed by atoms with Gasteiger partial charge in [-0.05, 0) is 12.8 Å². The van der Waals surface area contributed by atoms with Crippen LogP contribution in [0, 0.1) is 0 Å². The molecular formula is C46H91NO8. The van der Waals surface area contributed by atoms with E-state index in [1.165, 1.54) is 167 Å². The van der Waals surface area contributed by atoms with Gasteiger partial charge in [0.05, 0.1) is 25.4 Å². The van der Waals surface area contributed by atoms with Gasteiger partial charge in [-0.2, -0.15) is 0 Å². The molecule has 7 atom stereocenters. The molecule has 0 radical (unpaired) electrons. The number of aliphatic hydroxyl groups excluding tert-OH is 5. The van der Waals surface area contributed by atoms with Crippen LogP contribution in [0.1, 0.15) is 232 Å². The van der Waals surface area contributed by atoms with Crippen LogP contribution >= 0.6 is 0 Å². The number of hydrogen-bond acceptors (Lipinski definition) is 8. The zero-order valence-electron chi connectivity index (χ0n) is 36.0. The maximum absolute atomic E-state index is 13.0. The maximum atomic E-state index is 13.0. The van der Waals surface area contributed by atoms with Crippen molar-refractivity contribution >= 4 is 5.91 Å². The summed E-state index contributed by atoms with van der Waals surface area (Å²) in [6.45, 7) is 3.85. The topological polar surface area (TPSA) is 149 Å². The Labute approximate surface area is 338 Å². The molecule has 0 saturated carbocycles. The lowest BCUT2D eigenvalue weighted by atomic mass is 9.99. The molecule has 1 aliphatic heterocycles. The van der Waals surface area contributed by atoms with Crippen molar-refractivity contribution in [3.8, 4) is 0 Å². The number of nitrogens with one attached hydrogen (secondary N) is 1. The van der Waals surface area contributed by atoms with Crippen LogP contribution in [0.3, 0.4) is 0 Å². The zero-order valence-corrected chi connectivity index (χ0v) is 36.0. The van der Waals surface area contributed by atoms with Gasteiger partial charge in [0.1, 0.15) is 24.4 Å². The van der Waals surface area contributed by atoms with Gasteiger partial charge in [0.25, 0.3) is 0 Å². The van der Waals surface area contributed by atoms with Crippen LogP contribution in [0.2, 0.25) is 0 Å². The van der Waals surface area contributed by atoms with Gasteiger partial charge < -0.3 is 40.3 Å². The van der Waals surface area contributed by atoms with E-state index in [4.69, 9.17) is 9.47 Å². The lowest BCUT2D eigenvalue weighted by Gasteiger charge is -2.40. The minimum absolute atomic E-state index is 0.132. The number of rotatable bonds is 40. The number of hydrogen-bond donors (Lipinski definition) is 6. The summed E-state index contributed by atoms with van der Waals surface area (Å²) in [5, 5.41) is 54.4. The summed E-state index contributed by atoms with van der Waals surface area (Å²) in [4.78, 5) is 13.0. The van der Waals surface area contributed by atoms with Crippen molar-refractivity contribution in [2.75, 3.05) is 13.2 Å². The van der Waals surface area contributed by atoms with Crippen LogP contribution in [-0.2, 0) is 14.3 Å². The third-order valence-electron chi connectivity index (χ3n) is 11.7. The van der Waals surface area contributed by atoms with Gasteiger partial charge in [-0.15, -0.1) is 0 Å². The quantitative estimate of drug-likeness (QED) is 0.0337. The monoisotopic (exact) mass is 786 g/mol. The highest BCUT2D eigenvalue weighted by atomic mass is 16.7. The predicted octanol–water partition coefficient (Wildman–Crippen LogP) is 9.95. The predicted molar refractivity (Wildman–Crippen MR) is 226 cm³/mol. The van der Waals surface area contributed by atoms with Crippen molar-refractivity contribution in [2.45, 2.75) is 275 Å². The molecule has 1 heterocycles. The Hall–Kier alpha value is -0.810. The van der Waals surface area contributed by atoms with E-state index in [2.05, 4.69) is 19.2 Å². The standard InChI is InChI=1S/C46H91NO8/c1-3-5-7-9-11-13-15-17-19-20-21-22-24-26-28-30-32-34-36-42(50)47-39(38-54-46-45(53)44(52)43(51)41(37-48)55-46)40(49)35-33-31-29-27-25-23-18-16-14-12-10-8-6-4-2/h39-41,43-46,48-49,51-53H,3-38H2,1-2H3,(H,47,50)/t39-,40+,41-,43-,44?,45?,46-/m0/s1. The normalized spacial score (nSPS) is 21.2. The lowest BCUT2D eigenvalue weighted by Crippen LogP contribution is -2.60. The first-order valence-corrected chi connectivity index (χ1v) is 23.7. The molecule has 0 aliphatic carbocycles. The summed E-state index contributed by atoms with van der Waals surface area (Å²) in [5.74, 6) is -0.140. The van der Waals surface area contributed by atoms with Crippen molar-refractivity contribution in [3.63, 3.8) is 0 Å². The molecule has 328 valence electrons. The molecule has 0 aromatic carbocycles. The molecule has 0 spiro atoms. The Bertz CT molecular complexity index is 832. The fourth-order valence-corrected chi connectivity index (χ4v) is 7.87. The van der Waals surface area contributed by atoms with E-state index in [1.54, 1.807) is 0 Å². The van der Waals surface area contributed by atoms with E-state index < -0.39 is 49.5 Å². The second-order valence-corrected chi connectivity index (χ2v) is 16.9. The molecule has 1 saturated heterocycles. The fourth-order valence-electron chi connectivity index (χ4n) is 7.87. The van der Waals surface area contributed by atoms with E-state index in [9.17, 15) is 30.3 Å². The van der Waals surface area contributed by atoms with Gasteiger partial charge in [-0.25, -0.2) is 0 Å². The molecule has 2 unspecified atom stereocenters. The number of ether oxygens (including phenoxy) is 2. The first-order chi connectivity index (χ1) is 26.8. The third-order valence-corrected chi connectivity index (χ3v) is 11.7. The molecule has 0 aromatic heterocycles. The summed E-state index contributed by atoms with van der Waals surface area (Å²) < 4.78 is 11.3. The summed E-state index contributed by atoms with van der Waals surface area (Å²) in [5.41, 5.74) is 0. The van der Waals surface area contributed by atoms with Crippen molar-refractivity contribution in [3.05, 3.63) is 0 Å². The molecule has 9 heteroatoms. The average Bonchev–Trinajstić information content (AvgIpc) is 3.18. The number of carbonyl (C=O) groups excluding carboxylic acids is 1. The molecule has 1 rings (SSSR count). The second-order valence-electron chi connectivity index (χ2n) is 16.9. The van der Waals surface area contributed by atoms with Crippen LogP contribution in [0.25, 0.3) is 0 Å². The highest BCUT2D eigenvalue weighted by Crippen LogP contribution is 2.23. The second kappa shape index (κ2) is 37.5. The van der Waals surface area contributed by atoms with Gasteiger partial charge in [0.15, 0.2) is 6.29 Å². The van der Waals surface area contributed by atoms with Crippen LogP contribution < -0.4 is 5.32 Å². The van der Waals surface area contributed by atoms with Crippen molar-refractivity contribution in [1.29, 1.82) is 0 Å². The maximum Gasteiger partial charge on any atom is 0.220 e. The van der Waals surface area contributed by atoms with Crippen molar-refractivity contribution in [1.82, 2.24) is 5.32 Å². The molecule has 1 amide bonds. The molecule has 6 N–H and O–H groups in total. The molecule has 1 aliphatic rings. The smallest absolute Gasteiger partial charge is 0.220 e. The Morgan fingerprint density at radius 3 is 1.29 bits per heavy atom. The molecule has 1 fully saturated rings. The summed E-state index contributed by atoms with van der Waals surface area (Å²) >= 11 is 0. The first-order valence-electron chi connectivity index (χ1n) is 23.7. The van der Waals surface area contributed by atoms with Crippen LogP contribution in [0.15, 0.2) is 0 Å². The van der Waals surface area contributed by atoms with Crippen LogP contribution in [0.4, 0.5) is 0 Å². The molecular weight excluding hydrogens is 695 g/mol. The number of carbonyl (C=O) groups is 1. The number of amides is 1. The van der Waals surface area contributed by atoms with Gasteiger partial charge in [-0.3, -0.25) is 4.79 Å². The molecule has 0 aromatic rings. The van der Waals surface area contributed by atoms with E-state index in [0.717, 1.165) is 38.5 Å². The molecule has 0 bridgehead atoms. The Morgan fingerprint density at radius 2 is 0.909 bits per heavy atom. The van der Waals surface area contributed by atoms with E-state index in [-0.39, 0.29) is 12.5 Å². The third kappa shape index (κ3) is 28.3. The van der Waals surface area contributed by atoms with Gasteiger partial charge in [0.2, 0.25) is 5.91 Å². The van der Waals surface area contributed by atoms with Crippen molar-refractivity contribution < 1.29 is 39.8 Å². The summed E-state index contributed by atoms with van der Waals surface area (Å²) in [7, 11) is 0. The Balaban J connectivity index is 2.29. The minimum Gasteiger partial charge on any atom is -0.394 e. The summed E-state index contributed by atoms with van der Waals surface area (Å²) in [6, 6.07) is -0.711. The largest absolute Gasteiger partial charge is 0.394 e. The SMILES string of the molecule is CCCCCCCCCCCCCCCCCCCCC(=O)N[C@@H](CO[C@H]1O[C@@H](CO)[C@H](O)C(O)C1O)[C@H](O)CCCCCCCCCCCCCCCC. The highest BCUT2D eigenvalue weighted by Gasteiger charge is 2.44. The van der Waals surface area contributed by atoms with Gasteiger partial charge in [0, 0.05) is 6.42 Å². The van der Waals surface area contributed by atoms with Crippen molar-refractivity contribution in [2.24, 2.45) is 0 Å². The molecule has 9 nitrogen and oxygen atoms in total. The average molecular weight is 786 g/mol. The molecule has 55 heavy (non-hydrogen) atoms. The van der Waals surface area contributed by atoms with E-state index in [1.807, 2.05) is 0 Å². The van der Waals surface area contributed by atoms with Gasteiger partial charge in [-0.1, -0.05) is 213 Å². The Morgan fingerprint density at radius 1 is 0.545 bits per heavy atom. The fraction of sp³-hybridized carbons (Fsp3) is 0.978. The number of unbranched alkanes of at least 4 members (excludes halogenated alkanes) is 30.